The lowest BCUT2D eigenvalue weighted by molar-refractivity contribution is 0.515. The van der Waals surface area contributed by atoms with E-state index in [0.717, 1.165) is 24.3 Å². The van der Waals surface area contributed by atoms with Crippen molar-refractivity contribution in [3.63, 3.8) is 0 Å². The van der Waals surface area contributed by atoms with E-state index in [9.17, 15) is 21.6 Å². The van der Waals surface area contributed by atoms with Crippen molar-refractivity contribution in [1.29, 1.82) is 0 Å². The number of benzene rings is 1. The summed E-state index contributed by atoms with van der Waals surface area (Å²) in [5, 5.41) is 0. The van der Waals surface area contributed by atoms with Gasteiger partial charge in [-0.15, -0.1) is 0 Å². The van der Waals surface area contributed by atoms with Gasteiger partial charge in [-0.2, -0.15) is 13.8 Å². The van der Waals surface area contributed by atoms with Gasteiger partial charge in [0.1, 0.15) is 16.4 Å². The number of pyridine rings is 1. The molecule has 0 aliphatic carbocycles. The quantitative estimate of drug-likeness (QED) is 0.887. The van der Waals surface area contributed by atoms with E-state index in [0.29, 0.717) is 5.56 Å². The molecular formula is C12H9F3N2O2S. The maximum atomic E-state index is 13.5. The van der Waals surface area contributed by atoms with Crippen LogP contribution in [0.1, 0.15) is 5.56 Å². The molecule has 1 heterocycles. The highest BCUT2D eigenvalue weighted by atomic mass is 32.2. The summed E-state index contributed by atoms with van der Waals surface area (Å²) in [6.45, 7) is 1.58. The zero-order valence-electron chi connectivity index (χ0n) is 10.2. The first kappa shape index (κ1) is 14.3. The summed E-state index contributed by atoms with van der Waals surface area (Å²) < 4.78 is 65.3. The summed E-state index contributed by atoms with van der Waals surface area (Å²) in [4.78, 5) is 2.21. The monoisotopic (exact) mass is 302 g/mol. The minimum Gasteiger partial charge on any atom is -0.275 e. The highest BCUT2D eigenvalue weighted by molar-refractivity contribution is 7.92. The lowest BCUT2D eigenvalue weighted by Crippen LogP contribution is -2.16. The minimum absolute atomic E-state index is 0.518. The summed E-state index contributed by atoms with van der Waals surface area (Å²) in [5.74, 6) is -3.40. The van der Waals surface area contributed by atoms with Gasteiger partial charge < -0.3 is 0 Å². The normalized spacial score (nSPS) is 11.4. The van der Waals surface area contributed by atoms with E-state index in [2.05, 4.69) is 4.98 Å². The van der Waals surface area contributed by atoms with Crippen molar-refractivity contribution in [2.45, 2.75) is 11.8 Å². The van der Waals surface area contributed by atoms with Gasteiger partial charge >= 0.3 is 0 Å². The van der Waals surface area contributed by atoms with Gasteiger partial charge in [0, 0.05) is 0 Å². The number of hydrogen-bond donors (Lipinski definition) is 1. The molecule has 1 N–H and O–H groups in total. The van der Waals surface area contributed by atoms with E-state index in [1.54, 1.807) is 6.92 Å². The molecule has 1 aromatic carbocycles. The molecule has 0 saturated heterocycles. The zero-order chi connectivity index (χ0) is 14.9. The fraction of sp³-hybridized carbons (Fsp3) is 0.0833. The van der Waals surface area contributed by atoms with Gasteiger partial charge in [-0.05, 0) is 36.8 Å². The van der Waals surface area contributed by atoms with Crippen LogP contribution in [0.3, 0.4) is 0 Å². The maximum Gasteiger partial charge on any atom is 0.264 e. The van der Waals surface area contributed by atoms with E-state index in [1.165, 1.54) is 6.07 Å². The van der Waals surface area contributed by atoms with Crippen LogP contribution in [-0.4, -0.2) is 13.4 Å². The predicted molar refractivity (Wildman–Crippen MR) is 66.1 cm³/mol. The van der Waals surface area contributed by atoms with Crippen molar-refractivity contribution < 1.29 is 21.6 Å². The van der Waals surface area contributed by atoms with Gasteiger partial charge in [0.25, 0.3) is 10.0 Å². The fourth-order valence-electron chi connectivity index (χ4n) is 1.50. The highest BCUT2D eigenvalue weighted by Gasteiger charge is 2.21. The number of halogens is 3. The Morgan fingerprint density at radius 1 is 1.10 bits per heavy atom. The van der Waals surface area contributed by atoms with Gasteiger partial charge in [0.15, 0.2) is 0 Å². The van der Waals surface area contributed by atoms with Crippen LogP contribution in [-0.2, 0) is 10.0 Å². The summed E-state index contributed by atoms with van der Waals surface area (Å²) in [6.07, 6.45) is 0. The van der Waals surface area contributed by atoms with Gasteiger partial charge in [0.05, 0.1) is 0 Å². The Balaban J connectivity index is 2.43. The van der Waals surface area contributed by atoms with Crippen LogP contribution in [0.15, 0.2) is 35.2 Å². The number of rotatable bonds is 3. The second kappa shape index (κ2) is 5.12. The van der Waals surface area contributed by atoms with Crippen LogP contribution in [0.5, 0.6) is 0 Å². The Morgan fingerprint density at radius 3 is 2.45 bits per heavy atom. The summed E-state index contributed by atoms with van der Waals surface area (Å²) in [6, 6.07) is 5.14. The van der Waals surface area contributed by atoms with Gasteiger partial charge in [0.2, 0.25) is 11.9 Å². The molecule has 2 aromatic rings. The van der Waals surface area contributed by atoms with Crippen LogP contribution in [0.25, 0.3) is 0 Å². The number of anilines is 1. The average molecular weight is 302 g/mol. The first-order chi connectivity index (χ1) is 9.29. The second-order valence-corrected chi connectivity index (χ2v) is 5.66. The molecule has 20 heavy (non-hydrogen) atoms. The lowest BCUT2D eigenvalue weighted by Gasteiger charge is -2.09. The van der Waals surface area contributed by atoms with Crippen LogP contribution < -0.4 is 4.72 Å². The molecule has 4 nitrogen and oxygen atoms in total. The summed E-state index contributed by atoms with van der Waals surface area (Å²) in [7, 11) is -4.33. The molecule has 0 amide bonds. The van der Waals surface area contributed by atoms with E-state index in [-0.39, 0.29) is 0 Å². The van der Waals surface area contributed by atoms with E-state index < -0.39 is 38.3 Å². The molecule has 0 bridgehead atoms. The SMILES string of the molecule is Cc1ccc(F)c(S(=O)(=O)Nc2ccc(F)nc2F)c1. The Kier molecular flexibility index (Phi) is 3.67. The Morgan fingerprint density at radius 2 is 1.80 bits per heavy atom. The Labute approximate surface area is 113 Å². The van der Waals surface area contributed by atoms with Crippen LogP contribution in [0.4, 0.5) is 18.9 Å². The third-order valence-electron chi connectivity index (χ3n) is 2.44. The van der Waals surface area contributed by atoms with E-state index >= 15 is 0 Å². The number of nitrogens with zero attached hydrogens (tertiary/aromatic N) is 1. The molecular weight excluding hydrogens is 293 g/mol. The Hall–Kier alpha value is -2.09. The van der Waals surface area contributed by atoms with Crippen LogP contribution in [0.2, 0.25) is 0 Å². The standard InChI is InChI=1S/C12H9F3N2O2S/c1-7-2-3-8(13)10(6-7)20(18,19)17-9-4-5-11(14)16-12(9)15/h2-6,17H,1H3. The minimum atomic E-state index is -4.33. The van der Waals surface area contributed by atoms with Crippen LogP contribution >= 0.6 is 0 Å². The number of nitrogens with one attached hydrogen (secondary N) is 1. The molecule has 0 fully saturated rings. The molecule has 0 radical (unpaired) electrons. The molecule has 0 aliphatic rings. The molecule has 1 aromatic heterocycles. The predicted octanol–water partition coefficient (Wildman–Crippen LogP) is 2.61. The number of sulfonamides is 1. The van der Waals surface area contributed by atoms with Crippen molar-refractivity contribution in [3.05, 3.63) is 53.6 Å². The van der Waals surface area contributed by atoms with Gasteiger partial charge in [-0.3, -0.25) is 4.72 Å². The van der Waals surface area contributed by atoms with Crippen molar-refractivity contribution in [1.82, 2.24) is 4.98 Å². The maximum absolute atomic E-state index is 13.5. The second-order valence-electron chi connectivity index (χ2n) is 4.01. The highest BCUT2D eigenvalue weighted by Crippen LogP contribution is 2.21. The third-order valence-corrected chi connectivity index (χ3v) is 3.82. The van der Waals surface area contributed by atoms with E-state index in [4.69, 9.17) is 0 Å². The van der Waals surface area contributed by atoms with Gasteiger partial charge in [-0.25, -0.2) is 12.8 Å². The van der Waals surface area contributed by atoms with Crippen molar-refractivity contribution in [2.24, 2.45) is 0 Å². The molecule has 0 spiro atoms. The lowest BCUT2D eigenvalue weighted by atomic mass is 10.2. The third kappa shape index (κ3) is 2.90. The molecule has 8 heteroatoms. The van der Waals surface area contributed by atoms with Crippen molar-refractivity contribution in [3.8, 4) is 0 Å². The average Bonchev–Trinajstić information content (AvgIpc) is 2.35. The molecule has 0 atom stereocenters. The largest absolute Gasteiger partial charge is 0.275 e. The zero-order valence-corrected chi connectivity index (χ0v) is 11.0. The number of hydrogen-bond acceptors (Lipinski definition) is 3. The topological polar surface area (TPSA) is 59.1 Å². The molecule has 0 aliphatic heterocycles. The fourth-order valence-corrected chi connectivity index (χ4v) is 2.72. The van der Waals surface area contributed by atoms with Crippen molar-refractivity contribution in [2.75, 3.05) is 4.72 Å². The summed E-state index contributed by atoms with van der Waals surface area (Å²) >= 11 is 0. The summed E-state index contributed by atoms with van der Waals surface area (Å²) in [5.41, 5.74) is -0.0446. The van der Waals surface area contributed by atoms with Gasteiger partial charge in [-0.1, -0.05) is 6.07 Å². The smallest absolute Gasteiger partial charge is 0.264 e. The first-order valence-corrected chi connectivity index (χ1v) is 6.89. The van der Waals surface area contributed by atoms with Crippen molar-refractivity contribution >= 4 is 15.7 Å². The number of aryl methyl sites for hydroxylation is 1. The molecule has 2 rings (SSSR count). The van der Waals surface area contributed by atoms with E-state index in [1.807, 2.05) is 4.72 Å². The Bertz CT molecular complexity index is 763. The molecule has 0 unspecified atom stereocenters. The first-order valence-electron chi connectivity index (χ1n) is 5.40. The number of aromatic nitrogens is 1. The van der Waals surface area contributed by atoms with Crippen LogP contribution in [0, 0.1) is 24.6 Å². The molecule has 106 valence electrons. The molecule has 0 saturated carbocycles.